The predicted octanol–water partition coefficient (Wildman–Crippen LogP) is 3.20. The molecular formula is C23H28F3N3O3. The fourth-order valence-corrected chi connectivity index (χ4v) is 5.12. The van der Waals surface area contributed by atoms with E-state index in [1.807, 2.05) is 0 Å². The number of carbonyl (C=O) groups is 3. The van der Waals surface area contributed by atoms with E-state index < -0.39 is 17.3 Å². The second kappa shape index (κ2) is 8.41. The van der Waals surface area contributed by atoms with Crippen LogP contribution in [0, 0.1) is 0 Å². The van der Waals surface area contributed by atoms with E-state index in [0.717, 1.165) is 50.7 Å². The Hall–Kier alpha value is -2.58. The first-order valence-corrected chi connectivity index (χ1v) is 11.1. The van der Waals surface area contributed by atoms with Crippen molar-refractivity contribution in [2.45, 2.75) is 69.8 Å². The zero-order valence-electron chi connectivity index (χ0n) is 18.2. The van der Waals surface area contributed by atoms with E-state index in [-0.39, 0.29) is 49.9 Å². The number of halogens is 3. The number of carbonyl (C=O) groups excluding carboxylic acids is 3. The Bertz CT molecular complexity index is 886. The van der Waals surface area contributed by atoms with Gasteiger partial charge in [-0.3, -0.25) is 14.4 Å². The van der Waals surface area contributed by atoms with Crippen LogP contribution in [-0.4, -0.2) is 63.6 Å². The van der Waals surface area contributed by atoms with Crippen LogP contribution in [0.2, 0.25) is 0 Å². The van der Waals surface area contributed by atoms with Crippen molar-refractivity contribution in [3.63, 3.8) is 0 Å². The lowest BCUT2D eigenvalue weighted by Crippen LogP contribution is -2.81. The van der Waals surface area contributed by atoms with Crippen molar-refractivity contribution in [1.29, 1.82) is 0 Å². The Morgan fingerprint density at radius 2 is 1.62 bits per heavy atom. The van der Waals surface area contributed by atoms with Crippen molar-refractivity contribution in [1.82, 2.24) is 14.7 Å². The molecule has 6 nitrogen and oxygen atoms in total. The van der Waals surface area contributed by atoms with Gasteiger partial charge in [-0.25, -0.2) is 0 Å². The van der Waals surface area contributed by atoms with Crippen molar-refractivity contribution >= 4 is 17.7 Å². The normalized spacial score (nSPS) is 22.2. The highest BCUT2D eigenvalue weighted by atomic mass is 19.4. The van der Waals surface area contributed by atoms with E-state index in [9.17, 15) is 27.6 Å². The van der Waals surface area contributed by atoms with Gasteiger partial charge in [0.15, 0.2) is 5.54 Å². The first kappa shape index (κ1) is 22.6. The first-order chi connectivity index (χ1) is 15.1. The van der Waals surface area contributed by atoms with Gasteiger partial charge in [-0.2, -0.15) is 13.2 Å². The lowest BCUT2D eigenvalue weighted by molar-refractivity contribution is -0.184. The number of benzene rings is 1. The molecule has 32 heavy (non-hydrogen) atoms. The van der Waals surface area contributed by atoms with Crippen LogP contribution in [0.3, 0.4) is 0 Å². The summed E-state index contributed by atoms with van der Waals surface area (Å²) in [7, 11) is 0. The number of piperazine rings is 1. The minimum Gasteiger partial charge on any atom is -0.337 e. The number of nitrogens with zero attached hydrogens (tertiary/aromatic N) is 3. The molecule has 3 amide bonds. The molecule has 1 aliphatic carbocycles. The molecule has 1 saturated carbocycles. The number of amides is 3. The van der Waals surface area contributed by atoms with E-state index in [1.165, 1.54) is 28.9 Å². The summed E-state index contributed by atoms with van der Waals surface area (Å²) in [6.45, 7) is 1.68. The fraction of sp³-hybridized carbons (Fsp3) is 0.609. The summed E-state index contributed by atoms with van der Waals surface area (Å²) in [6.07, 6.45) is 1.57. The highest BCUT2D eigenvalue weighted by Gasteiger charge is 2.60. The lowest BCUT2D eigenvalue weighted by atomic mass is 9.82. The summed E-state index contributed by atoms with van der Waals surface area (Å²) in [4.78, 5) is 43.5. The summed E-state index contributed by atoms with van der Waals surface area (Å²) in [6, 6.07) is 4.67. The molecule has 3 aliphatic rings. The van der Waals surface area contributed by atoms with E-state index in [0.29, 0.717) is 5.56 Å². The van der Waals surface area contributed by atoms with Crippen LogP contribution in [0.25, 0.3) is 0 Å². The Morgan fingerprint density at radius 3 is 2.16 bits per heavy atom. The summed E-state index contributed by atoms with van der Waals surface area (Å²) in [5.41, 5.74) is -1.39. The van der Waals surface area contributed by atoms with Crippen LogP contribution in [0.4, 0.5) is 13.2 Å². The molecule has 0 aromatic heterocycles. The molecule has 0 unspecified atom stereocenters. The van der Waals surface area contributed by atoms with Gasteiger partial charge in [-0.15, -0.1) is 0 Å². The quantitative estimate of drug-likeness (QED) is 0.664. The SMILES string of the molecule is CC(=O)N1CC2(C1)C(=O)N(C1CCCCCC1)CC(=O)N2Cc1ccc(C(F)(F)F)cc1. The van der Waals surface area contributed by atoms with Gasteiger partial charge in [-0.1, -0.05) is 37.8 Å². The molecule has 0 atom stereocenters. The molecule has 1 aromatic rings. The maximum atomic E-state index is 13.7. The number of likely N-dealkylation sites (tertiary alicyclic amines) is 1. The van der Waals surface area contributed by atoms with Gasteiger partial charge in [0.05, 0.1) is 18.7 Å². The monoisotopic (exact) mass is 451 g/mol. The number of rotatable bonds is 3. The van der Waals surface area contributed by atoms with E-state index in [2.05, 4.69) is 0 Å². The lowest BCUT2D eigenvalue weighted by Gasteiger charge is -2.58. The van der Waals surface area contributed by atoms with Gasteiger partial charge < -0.3 is 14.7 Å². The topological polar surface area (TPSA) is 60.9 Å². The third-order valence-corrected chi connectivity index (χ3v) is 7.02. The zero-order chi connectivity index (χ0) is 23.1. The van der Waals surface area contributed by atoms with Crippen molar-refractivity contribution in [2.75, 3.05) is 19.6 Å². The Labute approximate surface area is 185 Å². The molecule has 174 valence electrons. The fourth-order valence-electron chi connectivity index (χ4n) is 5.12. The molecule has 0 bridgehead atoms. The second-order valence-electron chi connectivity index (χ2n) is 9.16. The second-order valence-corrected chi connectivity index (χ2v) is 9.16. The average Bonchev–Trinajstić information content (AvgIpc) is 2.98. The third kappa shape index (κ3) is 4.09. The van der Waals surface area contributed by atoms with Gasteiger partial charge in [0.1, 0.15) is 6.54 Å². The van der Waals surface area contributed by atoms with Gasteiger partial charge in [0, 0.05) is 19.5 Å². The molecule has 2 aliphatic heterocycles. The smallest absolute Gasteiger partial charge is 0.337 e. The van der Waals surface area contributed by atoms with E-state index >= 15 is 0 Å². The number of alkyl halides is 3. The van der Waals surface area contributed by atoms with Crippen molar-refractivity contribution in [3.05, 3.63) is 35.4 Å². The third-order valence-electron chi connectivity index (χ3n) is 7.02. The molecule has 2 saturated heterocycles. The van der Waals surface area contributed by atoms with Gasteiger partial charge >= 0.3 is 6.18 Å². The molecule has 4 rings (SSSR count). The predicted molar refractivity (Wildman–Crippen MR) is 110 cm³/mol. The summed E-state index contributed by atoms with van der Waals surface area (Å²) in [5, 5.41) is 0. The minimum atomic E-state index is -4.44. The molecule has 0 N–H and O–H groups in total. The van der Waals surface area contributed by atoms with E-state index in [4.69, 9.17) is 0 Å². The average molecular weight is 451 g/mol. The number of hydrogen-bond donors (Lipinski definition) is 0. The summed E-state index contributed by atoms with van der Waals surface area (Å²) < 4.78 is 38.7. The molecule has 2 heterocycles. The number of hydrogen-bond acceptors (Lipinski definition) is 3. The standard InChI is InChI=1S/C23H28F3N3O3/c1-16(30)27-14-22(15-27)21(32)28(19-6-4-2-3-5-7-19)13-20(31)29(22)12-17-8-10-18(11-9-17)23(24,25)26/h8-11,19H,2-7,12-15H2,1H3. The van der Waals surface area contributed by atoms with Crippen LogP contribution in [0.5, 0.6) is 0 Å². The molecule has 3 fully saturated rings. The molecular weight excluding hydrogens is 423 g/mol. The molecule has 1 aromatic carbocycles. The van der Waals surface area contributed by atoms with Crippen molar-refractivity contribution in [2.24, 2.45) is 0 Å². The van der Waals surface area contributed by atoms with Crippen molar-refractivity contribution < 1.29 is 27.6 Å². The van der Waals surface area contributed by atoms with Crippen LogP contribution in [0.15, 0.2) is 24.3 Å². The zero-order valence-corrected chi connectivity index (χ0v) is 18.2. The van der Waals surface area contributed by atoms with Crippen LogP contribution < -0.4 is 0 Å². The highest BCUT2D eigenvalue weighted by Crippen LogP contribution is 2.37. The minimum absolute atomic E-state index is 0.0189. The Kier molecular flexibility index (Phi) is 5.94. The van der Waals surface area contributed by atoms with Crippen LogP contribution in [-0.2, 0) is 27.1 Å². The van der Waals surface area contributed by atoms with Gasteiger partial charge in [0.25, 0.3) is 5.91 Å². The maximum absolute atomic E-state index is 13.7. The van der Waals surface area contributed by atoms with Gasteiger partial charge in [-0.05, 0) is 30.5 Å². The summed E-state index contributed by atoms with van der Waals surface area (Å²) in [5.74, 6) is -0.540. The molecule has 0 radical (unpaired) electrons. The Balaban J connectivity index is 1.59. The summed E-state index contributed by atoms with van der Waals surface area (Å²) >= 11 is 0. The molecule has 9 heteroatoms. The highest BCUT2D eigenvalue weighted by molar-refractivity contribution is 6.00. The first-order valence-electron chi connectivity index (χ1n) is 11.1. The van der Waals surface area contributed by atoms with Crippen LogP contribution >= 0.6 is 0 Å². The Morgan fingerprint density at radius 1 is 1.03 bits per heavy atom. The maximum Gasteiger partial charge on any atom is 0.416 e. The van der Waals surface area contributed by atoms with Crippen LogP contribution in [0.1, 0.15) is 56.6 Å². The largest absolute Gasteiger partial charge is 0.416 e. The molecule has 1 spiro atoms. The van der Waals surface area contributed by atoms with E-state index in [1.54, 1.807) is 4.90 Å². The van der Waals surface area contributed by atoms with Gasteiger partial charge in [0.2, 0.25) is 11.8 Å². The van der Waals surface area contributed by atoms with Crippen molar-refractivity contribution in [3.8, 4) is 0 Å².